The lowest BCUT2D eigenvalue weighted by atomic mass is 10.1. The van der Waals surface area contributed by atoms with Crippen LogP contribution in [-0.4, -0.2) is 70.5 Å². The fourth-order valence-electron chi connectivity index (χ4n) is 6.47. The van der Waals surface area contributed by atoms with Gasteiger partial charge in [0.05, 0.1) is 5.56 Å². The summed E-state index contributed by atoms with van der Waals surface area (Å²) in [5.74, 6) is -7.12. The van der Waals surface area contributed by atoms with Crippen LogP contribution in [-0.2, 0) is 20.0 Å². The van der Waals surface area contributed by atoms with E-state index >= 15 is 0 Å². The number of aromatic carboxylic acids is 1. The molecule has 4 aromatic carbocycles. The van der Waals surface area contributed by atoms with Crippen molar-refractivity contribution < 1.29 is 58.6 Å². The second-order valence-corrected chi connectivity index (χ2v) is 19.3. The smallest absolute Gasteiger partial charge is 0.335 e. The van der Waals surface area contributed by atoms with Crippen LogP contribution < -0.4 is 18.9 Å². The number of aryl methyl sites for hydroxylation is 2. The van der Waals surface area contributed by atoms with Gasteiger partial charge in [-0.15, -0.1) is 0 Å². The van der Waals surface area contributed by atoms with Crippen molar-refractivity contribution in [1.82, 2.24) is 23.6 Å². The number of likely N-dealkylation sites (tertiary alicyclic amines) is 1. The topological polar surface area (TPSA) is 220 Å². The number of nitrogens with zero attached hydrogens (tertiary/aromatic N) is 5. The monoisotopic (exact) mass is 1010 g/mol. The lowest BCUT2D eigenvalue weighted by Gasteiger charge is -2.17. The first kappa shape index (κ1) is 53.4. The molecule has 1 saturated carbocycles. The normalized spacial score (nSPS) is 13.1. The number of sulfonamides is 2. The Balaban J connectivity index is 0.000000259. The molecule has 24 heteroatoms. The highest BCUT2D eigenvalue weighted by Crippen LogP contribution is 2.33. The minimum absolute atomic E-state index is 0. The number of carbonyl (C=O) groups is 2. The number of anilines is 2. The number of carboxylic acid groups (broad SMARTS) is 1. The summed E-state index contributed by atoms with van der Waals surface area (Å²) in [7, 11) is -8.86. The van der Waals surface area contributed by atoms with Gasteiger partial charge in [-0.2, -0.15) is 8.75 Å². The largest absolute Gasteiger partial charge is 0.478 e. The molecule has 16 nitrogen and oxygen atoms in total. The van der Waals surface area contributed by atoms with E-state index in [1.807, 2.05) is 9.44 Å². The van der Waals surface area contributed by atoms with Crippen LogP contribution in [0.15, 0.2) is 83.1 Å². The van der Waals surface area contributed by atoms with Crippen LogP contribution >= 0.6 is 23.1 Å². The zero-order valence-corrected chi connectivity index (χ0v) is 37.7. The van der Waals surface area contributed by atoms with Gasteiger partial charge in [-0.25, -0.2) is 49.2 Å². The van der Waals surface area contributed by atoms with Crippen LogP contribution in [0.3, 0.4) is 0 Å². The average molecular weight is 1010 g/mol. The van der Waals surface area contributed by atoms with Crippen LogP contribution in [0.25, 0.3) is 0 Å². The van der Waals surface area contributed by atoms with Crippen molar-refractivity contribution >= 4 is 65.3 Å². The Kier molecular flexibility index (Phi) is 18.7. The summed E-state index contributed by atoms with van der Waals surface area (Å²) in [4.78, 5) is 30.9. The van der Waals surface area contributed by atoms with Gasteiger partial charge in [0.2, 0.25) is 10.3 Å². The number of ether oxygens (including phenoxy) is 2. The fraction of sp³-hybridized carbons (Fsp3) is 0.302. The molecule has 0 radical (unpaired) electrons. The molecule has 0 atom stereocenters. The highest BCUT2D eigenvalue weighted by atomic mass is 32.2. The molecular formula is C43H47F4N7O9S4. The molecule has 0 unspecified atom stereocenters. The summed E-state index contributed by atoms with van der Waals surface area (Å²) in [5.41, 5.74) is 1.50. The molecular weight excluding hydrogens is 963 g/mol. The minimum Gasteiger partial charge on any atom is -0.478 e. The first-order valence-electron chi connectivity index (χ1n) is 19.6. The van der Waals surface area contributed by atoms with E-state index in [0.29, 0.717) is 54.0 Å². The predicted octanol–water partition coefficient (Wildman–Crippen LogP) is 10.6. The van der Waals surface area contributed by atoms with E-state index in [4.69, 9.17) is 14.6 Å². The number of benzene rings is 4. The molecule has 1 amide bonds. The molecule has 360 valence electrons. The molecule has 1 saturated heterocycles. The molecule has 2 fully saturated rings. The van der Waals surface area contributed by atoms with Gasteiger partial charge in [0, 0.05) is 66.0 Å². The summed E-state index contributed by atoms with van der Waals surface area (Å²) >= 11 is 1.47. The van der Waals surface area contributed by atoms with E-state index in [1.165, 1.54) is 50.3 Å². The van der Waals surface area contributed by atoms with Crippen molar-refractivity contribution in [1.29, 1.82) is 0 Å². The van der Waals surface area contributed by atoms with Crippen LogP contribution in [0.2, 0.25) is 0 Å². The van der Waals surface area contributed by atoms with Crippen molar-refractivity contribution in [2.24, 2.45) is 0 Å². The van der Waals surface area contributed by atoms with E-state index in [9.17, 15) is 44.0 Å². The van der Waals surface area contributed by atoms with Crippen molar-refractivity contribution in [2.75, 3.05) is 22.5 Å². The van der Waals surface area contributed by atoms with E-state index in [1.54, 1.807) is 30.9 Å². The first-order valence-corrected chi connectivity index (χ1v) is 24.1. The first-order chi connectivity index (χ1) is 30.9. The minimum atomic E-state index is -4.44. The van der Waals surface area contributed by atoms with Gasteiger partial charge in [0.25, 0.3) is 26.0 Å². The van der Waals surface area contributed by atoms with E-state index < -0.39 is 70.6 Å². The van der Waals surface area contributed by atoms with E-state index in [0.717, 1.165) is 54.6 Å². The molecule has 0 spiro atoms. The predicted molar refractivity (Wildman–Crippen MR) is 245 cm³/mol. The van der Waals surface area contributed by atoms with Gasteiger partial charge in [-0.3, -0.25) is 14.2 Å². The molecule has 0 bridgehead atoms. The second kappa shape index (κ2) is 23.5. The molecule has 2 aromatic heterocycles. The zero-order chi connectivity index (χ0) is 46.9. The number of carboxylic acids is 1. The number of hydrogen-bond donors (Lipinski definition) is 3. The van der Waals surface area contributed by atoms with Crippen molar-refractivity contribution in [3.63, 3.8) is 0 Å². The number of carbonyl (C=O) groups excluding carboxylic acids is 1. The van der Waals surface area contributed by atoms with Gasteiger partial charge in [0.1, 0.15) is 45.6 Å². The number of rotatable bonds is 12. The lowest BCUT2D eigenvalue weighted by Crippen LogP contribution is -2.27. The van der Waals surface area contributed by atoms with Gasteiger partial charge < -0.3 is 19.5 Å². The Bertz CT molecular complexity index is 2880. The summed E-state index contributed by atoms with van der Waals surface area (Å²) in [6, 6.07) is 10.8. The zero-order valence-electron chi connectivity index (χ0n) is 34.4. The van der Waals surface area contributed by atoms with Gasteiger partial charge in [-0.05, 0) is 74.2 Å². The van der Waals surface area contributed by atoms with Gasteiger partial charge in [0.15, 0.2) is 23.1 Å². The van der Waals surface area contributed by atoms with Crippen molar-refractivity contribution in [3.8, 4) is 23.0 Å². The third-order valence-electron chi connectivity index (χ3n) is 9.41. The Hall–Kier alpha value is -6.24. The molecule has 1 aliphatic carbocycles. The summed E-state index contributed by atoms with van der Waals surface area (Å²) in [6.07, 6.45) is 11.6. The highest BCUT2D eigenvalue weighted by Gasteiger charge is 2.26. The summed E-state index contributed by atoms with van der Waals surface area (Å²) < 4.78 is 129. The van der Waals surface area contributed by atoms with Crippen LogP contribution in [0.5, 0.6) is 23.0 Å². The quantitative estimate of drug-likeness (QED) is 0.0973. The summed E-state index contributed by atoms with van der Waals surface area (Å²) in [5, 5.41) is 8.86. The third-order valence-corrected chi connectivity index (χ3v) is 13.5. The number of hydrogen-bond acceptors (Lipinski definition) is 14. The summed E-state index contributed by atoms with van der Waals surface area (Å²) in [6.45, 7) is 4.69. The number of halogens is 4. The molecule has 8 rings (SSSR count). The van der Waals surface area contributed by atoms with Crippen LogP contribution in [0.4, 0.5) is 27.8 Å². The molecule has 1 aliphatic heterocycles. The molecule has 67 heavy (non-hydrogen) atoms. The second-order valence-electron chi connectivity index (χ2n) is 14.5. The van der Waals surface area contributed by atoms with Crippen molar-refractivity contribution in [3.05, 3.63) is 119 Å². The maximum Gasteiger partial charge on any atom is 0.335 e. The van der Waals surface area contributed by atoms with Crippen LogP contribution in [0, 0.1) is 37.1 Å². The number of nitrogens with one attached hydrogen (secondary N) is 2. The SMILES string of the molecule is C.C.C1CCCC1.Cc1cc(Oc2cc(F)c(S(=O)(=O)Nc3ncns3)cc2F)cc(C(=O)N2CCCC2)c1.Cc1cc(Oc2cc(F)c(S(=O)(=O)Nc3ncns3)cc2F)cc(C(=O)O)c1. The molecule has 6 aromatic rings. The lowest BCUT2D eigenvalue weighted by molar-refractivity contribution is 0.0695. The Morgan fingerprint density at radius 3 is 1.39 bits per heavy atom. The van der Waals surface area contributed by atoms with Crippen molar-refractivity contribution in [2.45, 2.75) is 83.4 Å². The number of amides is 1. The Morgan fingerprint density at radius 2 is 1.00 bits per heavy atom. The highest BCUT2D eigenvalue weighted by molar-refractivity contribution is 7.93. The molecule has 2 aliphatic rings. The average Bonchev–Trinajstić information content (AvgIpc) is 4.10. The third kappa shape index (κ3) is 14.4. The van der Waals surface area contributed by atoms with E-state index in [-0.39, 0.29) is 48.1 Å². The number of aromatic nitrogens is 4. The Morgan fingerprint density at radius 1 is 0.597 bits per heavy atom. The van der Waals surface area contributed by atoms with Gasteiger partial charge in [-0.1, -0.05) is 47.0 Å². The Labute approximate surface area is 393 Å². The maximum atomic E-state index is 14.6. The van der Waals surface area contributed by atoms with Gasteiger partial charge >= 0.3 is 5.97 Å². The standard InChI is InChI=1S/C20H18F2N4O4S2.C16H11F2N3O5S2.C5H10.2CH4/c1-12-6-13(19(27)26-4-2-3-5-26)8-14(7-12)30-17-9-16(22)18(10-15(17)21)32(28,29)25-20-23-11-24-31-20;1-8-2-9(15(22)23)4-10(3-8)26-13-5-12(18)14(6-11(13)17)28(24,25)21-16-19-7-20-27-16;1-2-4-5-3-1;;/h6-11H,2-5H2,1H3,(H,23,24,25);2-7H,1H3,(H,22,23)(H,19,20,21);1-5H2;2*1H4. The van der Waals surface area contributed by atoms with Crippen LogP contribution in [0.1, 0.15) is 91.6 Å². The van der Waals surface area contributed by atoms with E-state index in [2.05, 4.69) is 18.7 Å². The molecule has 3 heterocycles. The maximum absolute atomic E-state index is 14.6. The fourth-order valence-corrected chi connectivity index (χ4v) is 9.93. The molecule has 3 N–H and O–H groups in total.